The van der Waals surface area contributed by atoms with Crippen molar-refractivity contribution in [1.29, 1.82) is 0 Å². The van der Waals surface area contributed by atoms with Crippen LogP contribution < -0.4 is 4.43 Å². The standard InChI is InChI=1S/C12H18OSi/c1-14(2,3)13-12-8-7-10-5-4-6-11(10)9-12/h7-9H,4-6H2,1-3H3. The van der Waals surface area contributed by atoms with E-state index < -0.39 is 8.32 Å². The lowest BCUT2D eigenvalue weighted by molar-refractivity contribution is 0.557. The fourth-order valence-electron chi connectivity index (χ4n) is 1.97. The number of fused-ring (bicyclic) bond motifs is 1. The number of rotatable bonds is 2. The van der Waals surface area contributed by atoms with Gasteiger partial charge in [0.1, 0.15) is 5.75 Å². The topological polar surface area (TPSA) is 9.23 Å². The van der Waals surface area contributed by atoms with Gasteiger partial charge in [-0.1, -0.05) is 6.07 Å². The van der Waals surface area contributed by atoms with Crippen molar-refractivity contribution in [1.82, 2.24) is 0 Å². The Labute approximate surface area is 87.2 Å². The fraction of sp³-hybridized carbons (Fsp3) is 0.500. The van der Waals surface area contributed by atoms with E-state index in [0.29, 0.717) is 0 Å². The van der Waals surface area contributed by atoms with Crippen molar-refractivity contribution in [3.05, 3.63) is 29.3 Å². The molecule has 1 nitrogen and oxygen atoms in total. The van der Waals surface area contributed by atoms with Gasteiger partial charge < -0.3 is 4.43 Å². The molecule has 0 unspecified atom stereocenters. The van der Waals surface area contributed by atoms with Gasteiger partial charge in [-0.25, -0.2) is 0 Å². The smallest absolute Gasteiger partial charge is 0.242 e. The van der Waals surface area contributed by atoms with Crippen LogP contribution in [0.1, 0.15) is 17.5 Å². The van der Waals surface area contributed by atoms with E-state index in [1.165, 1.54) is 30.4 Å². The first kappa shape index (κ1) is 9.78. The summed E-state index contributed by atoms with van der Waals surface area (Å²) in [5, 5.41) is 0. The number of aryl methyl sites for hydroxylation is 2. The normalized spacial score (nSPS) is 15.4. The zero-order valence-electron chi connectivity index (χ0n) is 9.26. The highest BCUT2D eigenvalue weighted by molar-refractivity contribution is 6.70. The first-order valence-corrected chi connectivity index (χ1v) is 8.76. The van der Waals surface area contributed by atoms with E-state index in [1.54, 1.807) is 0 Å². The van der Waals surface area contributed by atoms with Gasteiger partial charge in [0, 0.05) is 0 Å². The van der Waals surface area contributed by atoms with Crippen LogP contribution in [0.15, 0.2) is 18.2 Å². The summed E-state index contributed by atoms with van der Waals surface area (Å²) in [6.07, 6.45) is 3.80. The minimum absolute atomic E-state index is 1.07. The molecule has 1 aromatic rings. The third kappa shape index (κ3) is 2.18. The molecule has 14 heavy (non-hydrogen) atoms. The van der Waals surface area contributed by atoms with E-state index in [9.17, 15) is 0 Å². The molecule has 0 aromatic heterocycles. The summed E-state index contributed by atoms with van der Waals surface area (Å²) >= 11 is 0. The van der Waals surface area contributed by atoms with Crippen molar-refractivity contribution in [2.24, 2.45) is 0 Å². The summed E-state index contributed by atoms with van der Waals surface area (Å²) in [7, 11) is -1.43. The van der Waals surface area contributed by atoms with E-state index >= 15 is 0 Å². The first-order valence-electron chi connectivity index (χ1n) is 5.35. The summed E-state index contributed by atoms with van der Waals surface area (Å²) in [6, 6.07) is 6.60. The molecule has 0 saturated heterocycles. The van der Waals surface area contributed by atoms with Crippen LogP contribution in [0.5, 0.6) is 5.75 Å². The SMILES string of the molecule is C[Si](C)(C)Oc1ccc2c(c1)CCC2. The zero-order valence-corrected chi connectivity index (χ0v) is 10.3. The number of hydrogen-bond donors (Lipinski definition) is 0. The monoisotopic (exact) mass is 206 g/mol. The van der Waals surface area contributed by atoms with Crippen molar-refractivity contribution >= 4 is 8.32 Å². The molecule has 0 atom stereocenters. The molecule has 1 aliphatic rings. The lowest BCUT2D eigenvalue weighted by Gasteiger charge is -2.19. The Balaban J connectivity index is 2.21. The molecule has 0 spiro atoms. The summed E-state index contributed by atoms with van der Waals surface area (Å²) in [5.41, 5.74) is 3.02. The highest BCUT2D eigenvalue weighted by atomic mass is 28.4. The molecule has 0 fully saturated rings. The molecule has 0 bridgehead atoms. The van der Waals surface area contributed by atoms with E-state index in [4.69, 9.17) is 4.43 Å². The maximum atomic E-state index is 5.97. The molecule has 2 rings (SSSR count). The number of hydrogen-bond acceptors (Lipinski definition) is 1. The highest BCUT2D eigenvalue weighted by Crippen LogP contribution is 2.27. The van der Waals surface area contributed by atoms with E-state index in [1.807, 2.05) is 0 Å². The van der Waals surface area contributed by atoms with Gasteiger partial charge in [-0.3, -0.25) is 0 Å². The second-order valence-electron chi connectivity index (χ2n) is 5.00. The van der Waals surface area contributed by atoms with E-state index in [0.717, 1.165) is 5.75 Å². The Morgan fingerprint density at radius 3 is 2.50 bits per heavy atom. The van der Waals surface area contributed by atoms with Crippen molar-refractivity contribution in [3.63, 3.8) is 0 Å². The first-order chi connectivity index (χ1) is 6.54. The van der Waals surface area contributed by atoms with Crippen LogP contribution >= 0.6 is 0 Å². The van der Waals surface area contributed by atoms with Crippen LogP contribution in [-0.2, 0) is 12.8 Å². The van der Waals surface area contributed by atoms with E-state index in [2.05, 4.69) is 37.8 Å². The molecule has 0 saturated carbocycles. The Hall–Kier alpha value is -0.763. The lowest BCUT2D eigenvalue weighted by Crippen LogP contribution is -2.29. The predicted octanol–water partition coefficient (Wildman–Crippen LogP) is 3.39. The van der Waals surface area contributed by atoms with Crippen molar-refractivity contribution in [2.45, 2.75) is 38.9 Å². The van der Waals surface area contributed by atoms with Gasteiger partial charge in [0.2, 0.25) is 8.32 Å². The third-order valence-electron chi connectivity index (χ3n) is 2.49. The van der Waals surface area contributed by atoms with Gasteiger partial charge in [0.05, 0.1) is 0 Å². The van der Waals surface area contributed by atoms with Crippen LogP contribution in [0.25, 0.3) is 0 Å². The molecule has 0 heterocycles. The van der Waals surface area contributed by atoms with Crippen molar-refractivity contribution < 1.29 is 4.43 Å². The minimum Gasteiger partial charge on any atom is -0.544 e. The molecule has 76 valence electrons. The quantitative estimate of drug-likeness (QED) is 0.674. The Morgan fingerprint density at radius 2 is 1.79 bits per heavy atom. The van der Waals surface area contributed by atoms with Gasteiger partial charge in [-0.15, -0.1) is 0 Å². The highest BCUT2D eigenvalue weighted by Gasteiger charge is 2.17. The van der Waals surface area contributed by atoms with Crippen LogP contribution in [0, 0.1) is 0 Å². The van der Waals surface area contributed by atoms with Crippen LogP contribution in [-0.4, -0.2) is 8.32 Å². The summed E-state index contributed by atoms with van der Waals surface area (Å²) in [4.78, 5) is 0. The van der Waals surface area contributed by atoms with Gasteiger partial charge in [0.15, 0.2) is 0 Å². The molecule has 1 aromatic carbocycles. The molecule has 1 aliphatic carbocycles. The average Bonchev–Trinajstić information content (AvgIpc) is 2.47. The Bertz CT molecular complexity index is 339. The molecule has 0 N–H and O–H groups in total. The summed E-state index contributed by atoms with van der Waals surface area (Å²) in [6.45, 7) is 6.67. The van der Waals surface area contributed by atoms with Crippen molar-refractivity contribution in [3.8, 4) is 5.75 Å². The van der Waals surface area contributed by atoms with Gasteiger partial charge >= 0.3 is 0 Å². The second-order valence-corrected chi connectivity index (χ2v) is 9.43. The molecule has 0 amide bonds. The predicted molar refractivity (Wildman–Crippen MR) is 62.4 cm³/mol. The maximum Gasteiger partial charge on any atom is 0.242 e. The van der Waals surface area contributed by atoms with Gasteiger partial charge in [-0.05, 0) is 62.2 Å². The summed E-state index contributed by atoms with van der Waals surface area (Å²) in [5.74, 6) is 1.07. The fourth-order valence-corrected chi connectivity index (χ4v) is 2.80. The Kier molecular flexibility index (Phi) is 2.39. The average molecular weight is 206 g/mol. The molecular weight excluding hydrogens is 188 g/mol. The lowest BCUT2D eigenvalue weighted by atomic mass is 10.1. The van der Waals surface area contributed by atoms with Gasteiger partial charge in [0.25, 0.3) is 0 Å². The molecule has 0 aliphatic heterocycles. The van der Waals surface area contributed by atoms with Crippen LogP contribution in [0.2, 0.25) is 19.6 Å². The van der Waals surface area contributed by atoms with Crippen molar-refractivity contribution in [2.75, 3.05) is 0 Å². The molecule has 0 radical (unpaired) electrons. The van der Waals surface area contributed by atoms with E-state index in [-0.39, 0.29) is 0 Å². The Morgan fingerprint density at radius 1 is 1.07 bits per heavy atom. The third-order valence-corrected chi connectivity index (χ3v) is 3.34. The number of benzene rings is 1. The maximum absolute atomic E-state index is 5.97. The second kappa shape index (κ2) is 3.43. The molecular formula is C12H18OSi. The summed E-state index contributed by atoms with van der Waals surface area (Å²) < 4.78 is 5.97. The largest absolute Gasteiger partial charge is 0.544 e. The minimum atomic E-state index is -1.43. The molecule has 2 heteroatoms. The van der Waals surface area contributed by atoms with Crippen LogP contribution in [0.4, 0.5) is 0 Å². The van der Waals surface area contributed by atoms with Gasteiger partial charge in [-0.2, -0.15) is 0 Å². The van der Waals surface area contributed by atoms with Crippen LogP contribution in [0.3, 0.4) is 0 Å². The zero-order chi connectivity index (χ0) is 10.2.